The molecule has 0 spiro atoms. The van der Waals surface area contributed by atoms with E-state index in [0.717, 1.165) is 56.6 Å². The Bertz CT molecular complexity index is 823. The van der Waals surface area contributed by atoms with Crippen LogP contribution in [0, 0.1) is 17.8 Å². The minimum absolute atomic E-state index is 0.0874. The molecule has 35 heavy (non-hydrogen) atoms. The van der Waals surface area contributed by atoms with Crippen LogP contribution in [0.3, 0.4) is 0 Å². The summed E-state index contributed by atoms with van der Waals surface area (Å²) in [6.07, 6.45) is 14.8. The monoisotopic (exact) mass is 490 g/mol. The largest absolute Gasteiger partial charge is 0.481 e. The number of imidazole rings is 1. The first-order valence-electron chi connectivity index (χ1n) is 13.5. The molecule has 0 saturated heterocycles. The van der Waals surface area contributed by atoms with Crippen LogP contribution in [0.4, 0.5) is 0 Å². The van der Waals surface area contributed by atoms with Crippen molar-refractivity contribution in [3.63, 3.8) is 0 Å². The maximum Gasteiger partial charge on any atom is 0.311 e. The molecule has 3 rings (SSSR count). The summed E-state index contributed by atoms with van der Waals surface area (Å²) in [7, 11) is 0. The smallest absolute Gasteiger partial charge is 0.311 e. The minimum atomic E-state index is -0.897. The van der Waals surface area contributed by atoms with Gasteiger partial charge in [0.1, 0.15) is 0 Å². The molecular formula is C27H42N2O6. The number of carbonyl (C=O) groups is 3. The fraction of sp³-hybridized carbons (Fsp3) is 0.778. The van der Waals surface area contributed by atoms with Crippen molar-refractivity contribution in [2.75, 3.05) is 0 Å². The van der Waals surface area contributed by atoms with Crippen LogP contribution in [-0.2, 0) is 30.3 Å². The number of hydrogen-bond donors (Lipinski definition) is 1. The van der Waals surface area contributed by atoms with E-state index in [4.69, 9.17) is 9.47 Å². The first-order valence-corrected chi connectivity index (χ1v) is 13.5. The third-order valence-corrected chi connectivity index (χ3v) is 7.57. The van der Waals surface area contributed by atoms with Crippen molar-refractivity contribution < 1.29 is 29.0 Å². The number of ether oxygens (including phenoxy) is 2. The fourth-order valence-electron chi connectivity index (χ4n) is 5.32. The van der Waals surface area contributed by atoms with Gasteiger partial charge >= 0.3 is 17.9 Å². The van der Waals surface area contributed by atoms with Crippen LogP contribution in [0.1, 0.15) is 109 Å². The zero-order chi connectivity index (χ0) is 25.2. The Morgan fingerprint density at radius 1 is 1.06 bits per heavy atom. The predicted molar refractivity (Wildman–Crippen MR) is 130 cm³/mol. The maximum atomic E-state index is 12.2. The summed E-state index contributed by atoms with van der Waals surface area (Å²) in [6.45, 7) is 3.85. The summed E-state index contributed by atoms with van der Waals surface area (Å²) in [5, 5.41) is 9.66. The maximum absolute atomic E-state index is 12.2. The number of hydrogen-bond acceptors (Lipinski definition) is 6. The van der Waals surface area contributed by atoms with Crippen LogP contribution >= 0.6 is 0 Å². The Kier molecular flexibility index (Phi) is 10.6. The number of rotatable bonds is 12. The van der Waals surface area contributed by atoms with Gasteiger partial charge < -0.3 is 19.1 Å². The Morgan fingerprint density at radius 3 is 2.46 bits per heavy atom. The van der Waals surface area contributed by atoms with Gasteiger partial charge in [-0.3, -0.25) is 14.4 Å². The van der Waals surface area contributed by atoms with Gasteiger partial charge in [-0.15, -0.1) is 0 Å². The lowest BCUT2D eigenvalue weighted by atomic mass is 9.87. The molecule has 1 heterocycles. The number of unbranched alkanes of at least 4 members (excludes halogenated alkanes) is 1. The van der Waals surface area contributed by atoms with Crippen molar-refractivity contribution in [1.82, 2.24) is 9.55 Å². The lowest BCUT2D eigenvalue weighted by Gasteiger charge is -2.26. The van der Waals surface area contributed by atoms with Gasteiger partial charge in [0.15, 0.2) is 0 Å². The molecule has 1 aromatic rings. The molecule has 2 saturated carbocycles. The van der Waals surface area contributed by atoms with Crippen LogP contribution in [-0.4, -0.2) is 38.9 Å². The zero-order valence-electron chi connectivity index (χ0n) is 21.3. The van der Waals surface area contributed by atoms with Gasteiger partial charge in [-0.25, -0.2) is 4.98 Å². The minimum Gasteiger partial charge on any atom is -0.481 e. The molecule has 2 aliphatic rings. The average molecular weight is 491 g/mol. The van der Waals surface area contributed by atoms with Crippen molar-refractivity contribution in [3.8, 4) is 0 Å². The summed E-state index contributed by atoms with van der Waals surface area (Å²) in [5.41, 5.74) is 0.809. The predicted octanol–water partition coefficient (Wildman–Crippen LogP) is 5.45. The molecule has 2 atom stereocenters. The van der Waals surface area contributed by atoms with Gasteiger partial charge in [-0.1, -0.05) is 32.6 Å². The van der Waals surface area contributed by atoms with Crippen molar-refractivity contribution in [2.45, 2.75) is 116 Å². The third-order valence-electron chi connectivity index (χ3n) is 7.57. The molecule has 0 aliphatic heterocycles. The number of nitrogens with zero attached hydrogens (tertiary/aromatic N) is 2. The van der Waals surface area contributed by atoms with Crippen molar-refractivity contribution >= 4 is 17.9 Å². The Morgan fingerprint density at radius 2 is 1.77 bits per heavy atom. The molecule has 8 nitrogen and oxygen atoms in total. The van der Waals surface area contributed by atoms with Crippen molar-refractivity contribution in [3.05, 3.63) is 18.2 Å². The second kappa shape index (κ2) is 13.6. The lowest BCUT2D eigenvalue weighted by molar-refractivity contribution is -0.188. The second-order valence-corrected chi connectivity index (χ2v) is 10.5. The van der Waals surface area contributed by atoms with Crippen LogP contribution in [0.5, 0.6) is 0 Å². The van der Waals surface area contributed by atoms with E-state index >= 15 is 0 Å². The first kappa shape index (κ1) is 27.2. The zero-order valence-corrected chi connectivity index (χ0v) is 21.3. The van der Waals surface area contributed by atoms with Gasteiger partial charge in [0.05, 0.1) is 23.9 Å². The summed E-state index contributed by atoms with van der Waals surface area (Å²) >= 11 is 0. The van der Waals surface area contributed by atoms with Gasteiger partial charge in [-0.2, -0.15) is 0 Å². The summed E-state index contributed by atoms with van der Waals surface area (Å²) in [6, 6.07) is 0.464. The molecule has 1 aromatic heterocycles. The highest BCUT2D eigenvalue weighted by Crippen LogP contribution is 2.32. The standard InChI is InChI=1S/C27H42N2O6/c1-19-12-14-24(15-13-19)29-17-23(28-18-29)16-22(26(31)32)10-6-7-11-25(30)34-20(2)35-27(33)21-8-4-3-5-9-21/h17-22,24H,3-16H2,1-2H3,(H,31,32)/t19?,20?,22-,24?/m0/s1. The highest BCUT2D eigenvalue weighted by Gasteiger charge is 2.25. The Hall–Kier alpha value is -2.38. The highest BCUT2D eigenvalue weighted by atomic mass is 16.7. The van der Waals surface area contributed by atoms with E-state index in [1.807, 2.05) is 12.5 Å². The molecule has 1 unspecified atom stereocenters. The first-order chi connectivity index (χ1) is 16.8. The second-order valence-electron chi connectivity index (χ2n) is 10.5. The topological polar surface area (TPSA) is 108 Å². The van der Waals surface area contributed by atoms with E-state index in [0.29, 0.717) is 31.7 Å². The van der Waals surface area contributed by atoms with Gasteiger partial charge in [0.2, 0.25) is 6.29 Å². The number of carboxylic acids is 1. The van der Waals surface area contributed by atoms with Gasteiger partial charge in [0.25, 0.3) is 0 Å². The van der Waals surface area contributed by atoms with E-state index < -0.39 is 24.1 Å². The molecule has 2 fully saturated rings. The molecule has 1 N–H and O–H groups in total. The van der Waals surface area contributed by atoms with Crippen LogP contribution in [0.25, 0.3) is 0 Å². The van der Waals surface area contributed by atoms with Crippen LogP contribution in [0.2, 0.25) is 0 Å². The molecule has 0 amide bonds. The number of carbonyl (C=O) groups excluding carboxylic acids is 2. The van der Waals surface area contributed by atoms with E-state index in [1.165, 1.54) is 12.8 Å². The normalized spacial score (nSPS) is 22.8. The quantitative estimate of drug-likeness (QED) is 0.236. The molecular weight excluding hydrogens is 448 g/mol. The van der Waals surface area contributed by atoms with Crippen LogP contribution in [0.15, 0.2) is 12.5 Å². The highest BCUT2D eigenvalue weighted by molar-refractivity contribution is 5.73. The third kappa shape index (κ3) is 8.97. The Labute approximate surface area is 208 Å². The van der Waals surface area contributed by atoms with Gasteiger partial charge in [0, 0.05) is 32.0 Å². The molecule has 0 aromatic carbocycles. The number of aliphatic carboxylic acids is 1. The molecule has 2 aliphatic carbocycles. The van der Waals surface area contributed by atoms with Crippen LogP contribution < -0.4 is 0 Å². The Balaban J connectivity index is 1.34. The lowest BCUT2D eigenvalue weighted by Crippen LogP contribution is -2.27. The summed E-state index contributed by atoms with van der Waals surface area (Å²) in [5.74, 6) is -1.39. The number of aromatic nitrogens is 2. The molecule has 0 bridgehead atoms. The van der Waals surface area contributed by atoms with E-state index in [2.05, 4.69) is 16.5 Å². The van der Waals surface area contributed by atoms with E-state index in [9.17, 15) is 19.5 Å². The van der Waals surface area contributed by atoms with Crippen molar-refractivity contribution in [2.24, 2.45) is 17.8 Å². The van der Waals surface area contributed by atoms with Gasteiger partial charge in [-0.05, 0) is 57.3 Å². The molecule has 196 valence electrons. The number of esters is 2. The SMILES string of the molecule is CC1CCC(n2cnc(C[C@H](CCCCC(=O)OC(C)OC(=O)C3CCCCC3)C(=O)O)c2)CC1. The average Bonchev–Trinajstić information content (AvgIpc) is 3.30. The number of carboxylic acid groups (broad SMARTS) is 1. The van der Waals surface area contributed by atoms with E-state index in [-0.39, 0.29) is 18.3 Å². The fourth-order valence-corrected chi connectivity index (χ4v) is 5.32. The summed E-state index contributed by atoms with van der Waals surface area (Å²) < 4.78 is 12.7. The summed E-state index contributed by atoms with van der Waals surface area (Å²) in [4.78, 5) is 40.5. The van der Waals surface area contributed by atoms with E-state index in [1.54, 1.807) is 6.92 Å². The molecule has 8 heteroatoms. The molecule has 0 radical (unpaired) electrons. The van der Waals surface area contributed by atoms with Crippen molar-refractivity contribution in [1.29, 1.82) is 0 Å².